The normalized spacial score (nSPS) is 12.1. The van der Waals surface area contributed by atoms with Gasteiger partial charge in [0.25, 0.3) is 0 Å². The standard InChI is InChI=1S/C13H25NO4/c1-6-13(7-2,10(15)16)8-9-14-11(17)18-12(3,4)5/h6-9H2,1-5H3,(H,14,17)(H,15,16). The van der Waals surface area contributed by atoms with Crippen molar-refractivity contribution in [3.8, 4) is 0 Å². The van der Waals surface area contributed by atoms with Gasteiger partial charge in [-0.15, -0.1) is 0 Å². The number of carboxylic acid groups (broad SMARTS) is 1. The summed E-state index contributed by atoms with van der Waals surface area (Å²) in [5.41, 5.74) is -1.29. The van der Waals surface area contributed by atoms with Crippen molar-refractivity contribution in [3.05, 3.63) is 0 Å². The molecular formula is C13H25NO4. The fraction of sp³-hybridized carbons (Fsp3) is 0.846. The number of alkyl carbamates (subject to hydrolysis) is 1. The summed E-state index contributed by atoms with van der Waals surface area (Å²) >= 11 is 0. The molecular weight excluding hydrogens is 234 g/mol. The summed E-state index contributed by atoms with van der Waals surface area (Å²) < 4.78 is 5.08. The number of nitrogens with one attached hydrogen (secondary N) is 1. The molecule has 0 aliphatic carbocycles. The molecule has 0 atom stereocenters. The van der Waals surface area contributed by atoms with E-state index in [1.54, 1.807) is 20.8 Å². The Labute approximate surface area is 109 Å². The summed E-state index contributed by atoms with van der Waals surface area (Å²) in [6.07, 6.45) is 1.01. The summed E-state index contributed by atoms with van der Waals surface area (Å²) in [6.45, 7) is 9.36. The number of carbonyl (C=O) groups excluding carboxylic acids is 1. The fourth-order valence-corrected chi connectivity index (χ4v) is 1.73. The molecule has 1 amide bonds. The fourth-order valence-electron chi connectivity index (χ4n) is 1.73. The Bertz CT molecular complexity index is 290. The van der Waals surface area contributed by atoms with Crippen molar-refractivity contribution in [3.63, 3.8) is 0 Å². The molecule has 0 bridgehead atoms. The smallest absolute Gasteiger partial charge is 0.407 e. The number of aliphatic carboxylic acids is 1. The number of hydrogen-bond acceptors (Lipinski definition) is 3. The van der Waals surface area contributed by atoms with Crippen molar-refractivity contribution in [1.29, 1.82) is 0 Å². The minimum Gasteiger partial charge on any atom is -0.481 e. The van der Waals surface area contributed by atoms with E-state index in [2.05, 4.69) is 5.32 Å². The van der Waals surface area contributed by atoms with Gasteiger partial charge in [-0.05, 0) is 40.0 Å². The summed E-state index contributed by atoms with van der Waals surface area (Å²) in [6, 6.07) is 0. The van der Waals surface area contributed by atoms with Crippen molar-refractivity contribution in [2.24, 2.45) is 5.41 Å². The van der Waals surface area contributed by atoms with Crippen LogP contribution < -0.4 is 5.32 Å². The van der Waals surface area contributed by atoms with Crippen molar-refractivity contribution in [2.75, 3.05) is 6.54 Å². The second-order valence-corrected chi connectivity index (χ2v) is 5.47. The van der Waals surface area contributed by atoms with Crippen LogP contribution in [0.4, 0.5) is 4.79 Å². The van der Waals surface area contributed by atoms with Crippen molar-refractivity contribution < 1.29 is 19.4 Å². The van der Waals surface area contributed by atoms with Crippen LogP contribution in [0.3, 0.4) is 0 Å². The van der Waals surface area contributed by atoms with E-state index in [4.69, 9.17) is 4.74 Å². The summed E-state index contributed by atoms with van der Waals surface area (Å²) in [7, 11) is 0. The molecule has 0 unspecified atom stereocenters. The van der Waals surface area contributed by atoms with Gasteiger partial charge in [-0.3, -0.25) is 4.79 Å². The summed E-state index contributed by atoms with van der Waals surface area (Å²) in [5.74, 6) is -0.807. The van der Waals surface area contributed by atoms with Gasteiger partial charge in [0.2, 0.25) is 0 Å². The van der Waals surface area contributed by atoms with E-state index in [0.717, 1.165) is 0 Å². The zero-order chi connectivity index (χ0) is 14.4. The van der Waals surface area contributed by atoms with Crippen LogP contribution in [0.1, 0.15) is 53.9 Å². The second-order valence-electron chi connectivity index (χ2n) is 5.47. The molecule has 0 aromatic carbocycles. The Hall–Kier alpha value is -1.26. The highest BCUT2D eigenvalue weighted by atomic mass is 16.6. The monoisotopic (exact) mass is 259 g/mol. The van der Waals surface area contributed by atoms with Gasteiger partial charge in [-0.2, -0.15) is 0 Å². The van der Waals surface area contributed by atoms with Gasteiger partial charge in [0.1, 0.15) is 5.60 Å². The average molecular weight is 259 g/mol. The molecule has 2 N–H and O–H groups in total. The van der Waals surface area contributed by atoms with Crippen LogP contribution in [0.2, 0.25) is 0 Å². The van der Waals surface area contributed by atoms with E-state index in [0.29, 0.717) is 25.8 Å². The Morgan fingerprint density at radius 3 is 2.00 bits per heavy atom. The topological polar surface area (TPSA) is 75.6 Å². The molecule has 0 heterocycles. The molecule has 0 radical (unpaired) electrons. The third-order valence-electron chi connectivity index (χ3n) is 3.08. The lowest BCUT2D eigenvalue weighted by Gasteiger charge is -2.27. The van der Waals surface area contributed by atoms with E-state index in [-0.39, 0.29) is 0 Å². The Morgan fingerprint density at radius 1 is 1.17 bits per heavy atom. The van der Waals surface area contributed by atoms with Crippen LogP contribution in [-0.4, -0.2) is 29.3 Å². The molecule has 106 valence electrons. The highest BCUT2D eigenvalue weighted by Crippen LogP contribution is 2.30. The molecule has 0 aromatic heterocycles. The number of carboxylic acids is 1. The SMILES string of the molecule is CCC(CC)(CCNC(=O)OC(C)(C)C)C(=O)O. The molecule has 0 aromatic rings. The maximum atomic E-state index is 11.4. The van der Waals surface area contributed by atoms with Gasteiger partial charge in [0.15, 0.2) is 0 Å². The van der Waals surface area contributed by atoms with Crippen molar-refractivity contribution in [2.45, 2.75) is 59.5 Å². The minimum absolute atomic E-state index is 0.308. The van der Waals surface area contributed by atoms with Crippen LogP contribution in [0.5, 0.6) is 0 Å². The first kappa shape index (κ1) is 16.7. The van der Waals surface area contributed by atoms with E-state index >= 15 is 0 Å². The highest BCUT2D eigenvalue weighted by Gasteiger charge is 2.34. The van der Waals surface area contributed by atoms with Gasteiger partial charge >= 0.3 is 12.1 Å². The molecule has 0 fully saturated rings. The van der Waals surface area contributed by atoms with Crippen LogP contribution in [0.25, 0.3) is 0 Å². The van der Waals surface area contributed by atoms with Crippen molar-refractivity contribution in [1.82, 2.24) is 5.32 Å². The van der Waals surface area contributed by atoms with Gasteiger partial charge in [-0.1, -0.05) is 13.8 Å². The summed E-state index contributed by atoms with van der Waals surface area (Å²) in [5, 5.41) is 11.8. The third kappa shape index (κ3) is 5.38. The molecule has 0 rings (SSSR count). The predicted octanol–water partition coefficient (Wildman–Crippen LogP) is 2.79. The molecule has 0 saturated carbocycles. The molecule has 0 aliphatic rings. The zero-order valence-electron chi connectivity index (χ0n) is 12.0. The first-order chi connectivity index (χ1) is 8.17. The maximum Gasteiger partial charge on any atom is 0.407 e. The van der Waals surface area contributed by atoms with E-state index < -0.39 is 23.1 Å². The number of ether oxygens (including phenoxy) is 1. The highest BCUT2D eigenvalue weighted by molar-refractivity contribution is 5.74. The lowest BCUT2D eigenvalue weighted by atomic mass is 9.79. The predicted molar refractivity (Wildman–Crippen MR) is 69.5 cm³/mol. The lowest BCUT2D eigenvalue weighted by molar-refractivity contribution is -0.149. The number of amides is 1. The molecule has 0 aliphatic heterocycles. The zero-order valence-corrected chi connectivity index (χ0v) is 12.0. The number of rotatable bonds is 6. The number of carbonyl (C=O) groups is 2. The Kier molecular flexibility index (Phi) is 6.15. The second kappa shape index (κ2) is 6.61. The van der Waals surface area contributed by atoms with E-state index in [1.165, 1.54) is 0 Å². The molecule has 18 heavy (non-hydrogen) atoms. The van der Waals surface area contributed by atoms with Gasteiger partial charge in [0.05, 0.1) is 5.41 Å². The first-order valence-electron chi connectivity index (χ1n) is 6.37. The van der Waals surface area contributed by atoms with E-state index in [9.17, 15) is 14.7 Å². The van der Waals surface area contributed by atoms with Gasteiger partial charge in [-0.25, -0.2) is 4.79 Å². The third-order valence-corrected chi connectivity index (χ3v) is 3.08. The molecule has 0 spiro atoms. The summed E-state index contributed by atoms with van der Waals surface area (Å²) in [4.78, 5) is 22.7. The Morgan fingerprint density at radius 2 is 1.67 bits per heavy atom. The average Bonchev–Trinajstić information content (AvgIpc) is 2.21. The van der Waals surface area contributed by atoms with Gasteiger partial charge < -0.3 is 15.2 Å². The Balaban J connectivity index is 4.24. The van der Waals surface area contributed by atoms with Crippen molar-refractivity contribution >= 4 is 12.1 Å². The van der Waals surface area contributed by atoms with Crippen LogP contribution in [0, 0.1) is 5.41 Å². The van der Waals surface area contributed by atoms with Crippen LogP contribution in [-0.2, 0) is 9.53 Å². The lowest BCUT2D eigenvalue weighted by Crippen LogP contribution is -2.37. The van der Waals surface area contributed by atoms with E-state index in [1.807, 2.05) is 13.8 Å². The van der Waals surface area contributed by atoms with Gasteiger partial charge in [0, 0.05) is 6.54 Å². The first-order valence-corrected chi connectivity index (χ1v) is 6.37. The molecule has 5 heteroatoms. The maximum absolute atomic E-state index is 11.4. The molecule has 5 nitrogen and oxygen atoms in total. The minimum atomic E-state index is -0.807. The van der Waals surface area contributed by atoms with Crippen LogP contribution >= 0.6 is 0 Å². The van der Waals surface area contributed by atoms with Crippen LogP contribution in [0.15, 0.2) is 0 Å². The quantitative estimate of drug-likeness (QED) is 0.769. The number of hydrogen-bond donors (Lipinski definition) is 2. The molecule has 0 saturated heterocycles. The largest absolute Gasteiger partial charge is 0.481 e.